The Hall–Kier alpha value is -1.06. The number of ether oxygens (including phenoxy) is 1. The molecule has 0 radical (unpaired) electrons. The molecule has 0 aliphatic heterocycles. The minimum absolute atomic E-state index is 0.00102. The van der Waals surface area contributed by atoms with Crippen LogP contribution in [0.1, 0.15) is 40.0 Å². The Morgan fingerprint density at radius 1 is 1.38 bits per heavy atom. The van der Waals surface area contributed by atoms with Crippen molar-refractivity contribution in [1.29, 1.82) is 0 Å². The second-order valence-corrected chi connectivity index (χ2v) is 5.87. The highest BCUT2D eigenvalue weighted by Gasteiger charge is 2.46. The van der Waals surface area contributed by atoms with E-state index in [9.17, 15) is 9.59 Å². The fourth-order valence-corrected chi connectivity index (χ4v) is 2.72. The molecule has 2 fully saturated rings. The van der Waals surface area contributed by atoms with Crippen LogP contribution >= 0.6 is 0 Å². The van der Waals surface area contributed by atoms with Crippen LogP contribution in [0.4, 0.5) is 4.79 Å². The maximum atomic E-state index is 11.6. The second-order valence-electron chi connectivity index (χ2n) is 5.87. The molecule has 2 rings (SSSR count). The van der Waals surface area contributed by atoms with Crippen LogP contribution in [0.3, 0.4) is 0 Å². The van der Waals surface area contributed by atoms with Crippen LogP contribution in [0.2, 0.25) is 0 Å². The summed E-state index contributed by atoms with van der Waals surface area (Å²) in [5, 5.41) is 2.82. The number of hydrogen-bond donors (Lipinski definition) is 1. The van der Waals surface area contributed by atoms with Crippen LogP contribution in [0.25, 0.3) is 0 Å². The molecule has 0 aromatic carbocycles. The predicted octanol–water partition coefficient (Wildman–Crippen LogP) is 1.88. The highest BCUT2D eigenvalue weighted by molar-refractivity contribution is 5.86. The van der Waals surface area contributed by atoms with E-state index in [0.717, 1.165) is 12.8 Å². The lowest BCUT2D eigenvalue weighted by Crippen LogP contribution is -2.43. The summed E-state index contributed by atoms with van der Waals surface area (Å²) in [4.78, 5) is 23.1. The molecule has 0 heterocycles. The summed E-state index contributed by atoms with van der Waals surface area (Å²) in [6.07, 6.45) is 2.17. The number of nitrogens with one attached hydrogen (secondary N) is 1. The van der Waals surface area contributed by atoms with Crippen LogP contribution in [-0.2, 0) is 9.53 Å². The molecule has 0 spiro atoms. The van der Waals surface area contributed by atoms with E-state index in [2.05, 4.69) is 5.32 Å². The molecule has 0 saturated heterocycles. The van der Waals surface area contributed by atoms with E-state index in [4.69, 9.17) is 4.74 Å². The molecule has 4 heteroatoms. The summed E-state index contributed by atoms with van der Waals surface area (Å²) >= 11 is 0. The minimum atomic E-state index is -0.480. The van der Waals surface area contributed by atoms with Crippen molar-refractivity contribution in [2.24, 2.45) is 11.8 Å². The summed E-state index contributed by atoms with van der Waals surface area (Å²) in [5.41, 5.74) is -0.480. The maximum absolute atomic E-state index is 11.6. The molecular formula is C12H19NO3. The van der Waals surface area contributed by atoms with Crippen molar-refractivity contribution in [3.05, 3.63) is 0 Å². The maximum Gasteiger partial charge on any atom is 0.407 e. The van der Waals surface area contributed by atoms with Gasteiger partial charge in [-0.25, -0.2) is 4.79 Å². The third-order valence-corrected chi connectivity index (χ3v) is 3.27. The smallest absolute Gasteiger partial charge is 0.407 e. The highest BCUT2D eigenvalue weighted by Crippen LogP contribution is 2.42. The SMILES string of the molecule is CC(C)(C)OC(=O)N[C@H]1C[C@H]2CC(=O)[C@@H]1C2. The Morgan fingerprint density at radius 3 is 2.56 bits per heavy atom. The van der Waals surface area contributed by atoms with Gasteiger partial charge in [0, 0.05) is 18.4 Å². The van der Waals surface area contributed by atoms with Gasteiger partial charge in [-0.3, -0.25) is 4.79 Å². The number of rotatable bonds is 1. The third kappa shape index (κ3) is 2.36. The van der Waals surface area contributed by atoms with Crippen molar-refractivity contribution >= 4 is 11.9 Å². The first-order valence-electron chi connectivity index (χ1n) is 5.87. The average Bonchev–Trinajstić information content (AvgIpc) is 2.57. The van der Waals surface area contributed by atoms with Crippen LogP contribution in [0.5, 0.6) is 0 Å². The number of amides is 1. The summed E-state index contributed by atoms with van der Waals surface area (Å²) in [6.45, 7) is 5.50. The topological polar surface area (TPSA) is 55.4 Å². The van der Waals surface area contributed by atoms with Gasteiger partial charge in [0.25, 0.3) is 0 Å². The van der Waals surface area contributed by atoms with Gasteiger partial charge in [-0.1, -0.05) is 0 Å². The summed E-state index contributed by atoms with van der Waals surface area (Å²) in [7, 11) is 0. The van der Waals surface area contributed by atoms with Crippen molar-refractivity contribution in [2.45, 2.75) is 51.7 Å². The van der Waals surface area contributed by atoms with E-state index in [0.29, 0.717) is 18.1 Å². The van der Waals surface area contributed by atoms with Crippen LogP contribution in [0, 0.1) is 11.8 Å². The largest absolute Gasteiger partial charge is 0.444 e. The first kappa shape index (κ1) is 11.4. The molecule has 90 valence electrons. The van der Waals surface area contributed by atoms with Gasteiger partial charge in [0.1, 0.15) is 11.4 Å². The van der Waals surface area contributed by atoms with E-state index in [1.54, 1.807) is 0 Å². The number of hydrogen-bond acceptors (Lipinski definition) is 3. The molecule has 2 aliphatic rings. The molecule has 16 heavy (non-hydrogen) atoms. The minimum Gasteiger partial charge on any atom is -0.444 e. The number of Topliss-reactive ketones (excluding diaryl/α,β-unsaturated/α-hetero) is 1. The van der Waals surface area contributed by atoms with E-state index in [-0.39, 0.29) is 12.0 Å². The number of carbonyl (C=O) groups is 2. The van der Waals surface area contributed by atoms with Gasteiger partial charge in [-0.15, -0.1) is 0 Å². The first-order valence-corrected chi connectivity index (χ1v) is 5.87. The monoisotopic (exact) mass is 225 g/mol. The van der Waals surface area contributed by atoms with Gasteiger partial charge in [0.15, 0.2) is 0 Å². The quantitative estimate of drug-likeness (QED) is 0.741. The molecule has 1 amide bonds. The predicted molar refractivity (Wildman–Crippen MR) is 59.0 cm³/mol. The zero-order chi connectivity index (χ0) is 11.9. The summed E-state index contributed by atoms with van der Waals surface area (Å²) in [5.74, 6) is 0.826. The van der Waals surface area contributed by atoms with E-state index >= 15 is 0 Å². The number of ketones is 1. The van der Waals surface area contributed by atoms with Crippen molar-refractivity contribution in [1.82, 2.24) is 5.32 Å². The standard InChI is InChI=1S/C12H19NO3/c1-12(2,3)16-11(15)13-9-5-7-4-8(9)10(14)6-7/h7-9H,4-6H2,1-3H3,(H,13,15)/t7-,8+,9-/m0/s1. The molecule has 2 bridgehead atoms. The summed E-state index contributed by atoms with van der Waals surface area (Å²) in [6, 6.07) is 0.00102. The fraction of sp³-hybridized carbons (Fsp3) is 0.833. The van der Waals surface area contributed by atoms with E-state index < -0.39 is 11.7 Å². The third-order valence-electron chi connectivity index (χ3n) is 3.27. The molecular weight excluding hydrogens is 206 g/mol. The Kier molecular flexibility index (Phi) is 2.68. The zero-order valence-electron chi connectivity index (χ0n) is 10.1. The second kappa shape index (κ2) is 3.75. The zero-order valence-corrected chi connectivity index (χ0v) is 10.1. The lowest BCUT2D eigenvalue weighted by Gasteiger charge is -2.25. The van der Waals surface area contributed by atoms with Crippen LogP contribution in [-0.4, -0.2) is 23.5 Å². The lowest BCUT2D eigenvalue weighted by atomic mass is 9.94. The van der Waals surface area contributed by atoms with E-state index in [1.165, 1.54) is 0 Å². The summed E-state index contributed by atoms with van der Waals surface area (Å²) < 4.78 is 5.18. The van der Waals surface area contributed by atoms with Gasteiger partial charge in [-0.2, -0.15) is 0 Å². The fourth-order valence-electron chi connectivity index (χ4n) is 2.72. The molecule has 4 nitrogen and oxygen atoms in total. The van der Waals surface area contributed by atoms with Crippen molar-refractivity contribution in [3.8, 4) is 0 Å². The number of carbonyl (C=O) groups excluding carboxylic acids is 2. The van der Waals surface area contributed by atoms with Gasteiger partial charge < -0.3 is 10.1 Å². The highest BCUT2D eigenvalue weighted by atomic mass is 16.6. The Balaban J connectivity index is 1.87. The first-order chi connectivity index (χ1) is 7.35. The average molecular weight is 225 g/mol. The molecule has 0 unspecified atom stereocenters. The van der Waals surface area contributed by atoms with Gasteiger partial charge in [0.2, 0.25) is 0 Å². The van der Waals surface area contributed by atoms with Crippen molar-refractivity contribution in [3.63, 3.8) is 0 Å². The molecule has 2 saturated carbocycles. The molecule has 0 aromatic heterocycles. The Bertz CT molecular complexity index is 319. The van der Waals surface area contributed by atoms with Crippen molar-refractivity contribution < 1.29 is 14.3 Å². The van der Waals surface area contributed by atoms with Crippen molar-refractivity contribution in [2.75, 3.05) is 0 Å². The number of fused-ring (bicyclic) bond motifs is 2. The Labute approximate surface area is 95.7 Å². The molecule has 1 N–H and O–H groups in total. The molecule has 2 aliphatic carbocycles. The van der Waals surface area contributed by atoms with Gasteiger partial charge in [0.05, 0.1) is 0 Å². The van der Waals surface area contributed by atoms with Crippen LogP contribution < -0.4 is 5.32 Å². The Morgan fingerprint density at radius 2 is 2.06 bits per heavy atom. The normalized spacial score (nSPS) is 32.9. The lowest BCUT2D eigenvalue weighted by molar-refractivity contribution is -0.122. The molecule has 0 aromatic rings. The van der Waals surface area contributed by atoms with Gasteiger partial charge >= 0.3 is 6.09 Å². The van der Waals surface area contributed by atoms with E-state index in [1.807, 2.05) is 20.8 Å². The number of alkyl carbamates (subject to hydrolysis) is 1. The van der Waals surface area contributed by atoms with Gasteiger partial charge in [-0.05, 0) is 39.5 Å². The molecule has 3 atom stereocenters. The van der Waals surface area contributed by atoms with Crippen LogP contribution in [0.15, 0.2) is 0 Å².